The minimum atomic E-state index is -0.896. The second kappa shape index (κ2) is 7.18. The summed E-state index contributed by atoms with van der Waals surface area (Å²) in [7, 11) is 0. The first kappa shape index (κ1) is 18.9. The lowest BCUT2D eigenvalue weighted by Crippen LogP contribution is -2.29. The fraction of sp³-hybridized carbons (Fsp3) is 0.136. The van der Waals surface area contributed by atoms with E-state index < -0.39 is 17.7 Å². The van der Waals surface area contributed by atoms with Gasteiger partial charge in [0.15, 0.2) is 5.13 Å². The predicted octanol–water partition coefficient (Wildman–Crippen LogP) is 4.09. The van der Waals surface area contributed by atoms with Gasteiger partial charge in [0.05, 0.1) is 17.3 Å². The van der Waals surface area contributed by atoms with Crippen molar-refractivity contribution in [2.45, 2.75) is 19.9 Å². The van der Waals surface area contributed by atoms with Gasteiger partial charge in [-0.15, -0.1) is 11.3 Å². The summed E-state index contributed by atoms with van der Waals surface area (Å²) in [4.78, 5) is 32.6. The van der Waals surface area contributed by atoms with Crippen LogP contribution in [0.25, 0.3) is 5.76 Å². The standard InChI is InChI=1S/C22H18N2O4S/c1-12-13(2)29-22(23-12)24-18(15-9-6-10-16(25)11-15)17(20(27)21(24)28)19(26)14-7-4-3-5-8-14/h3-11,18,25-26H,1-2H3/t18-/m0/s1. The van der Waals surface area contributed by atoms with Crippen molar-refractivity contribution in [3.8, 4) is 5.75 Å². The molecular formula is C22H18N2O4S. The fourth-order valence-corrected chi connectivity index (χ4v) is 4.29. The van der Waals surface area contributed by atoms with Crippen LogP contribution in [0, 0.1) is 13.8 Å². The molecule has 1 aromatic heterocycles. The average Bonchev–Trinajstić information content (AvgIpc) is 3.18. The number of aromatic hydroxyl groups is 1. The highest BCUT2D eigenvalue weighted by Crippen LogP contribution is 2.44. The summed E-state index contributed by atoms with van der Waals surface area (Å²) in [6.07, 6.45) is 0. The molecule has 3 aromatic rings. The van der Waals surface area contributed by atoms with Crippen LogP contribution in [-0.2, 0) is 9.59 Å². The van der Waals surface area contributed by atoms with E-state index in [1.165, 1.54) is 28.4 Å². The lowest BCUT2D eigenvalue weighted by atomic mass is 9.95. The number of rotatable bonds is 3. The molecule has 6 nitrogen and oxygen atoms in total. The van der Waals surface area contributed by atoms with Crippen molar-refractivity contribution in [3.05, 3.63) is 81.9 Å². The Morgan fingerprint density at radius 1 is 1.07 bits per heavy atom. The Hall–Kier alpha value is -3.45. The summed E-state index contributed by atoms with van der Waals surface area (Å²) in [6, 6.07) is 14.0. The van der Waals surface area contributed by atoms with Gasteiger partial charge in [0.25, 0.3) is 5.78 Å². The maximum atomic E-state index is 13.0. The van der Waals surface area contributed by atoms with Crippen molar-refractivity contribution in [2.75, 3.05) is 4.90 Å². The molecule has 1 aliphatic heterocycles. The molecule has 1 saturated heterocycles. The van der Waals surface area contributed by atoms with Crippen molar-refractivity contribution in [1.29, 1.82) is 0 Å². The number of nitrogens with zero attached hydrogens (tertiary/aromatic N) is 2. The Labute approximate surface area is 171 Å². The number of aryl methyl sites for hydroxylation is 2. The van der Waals surface area contributed by atoms with Gasteiger partial charge in [-0.2, -0.15) is 0 Å². The third kappa shape index (κ3) is 3.19. The van der Waals surface area contributed by atoms with E-state index in [-0.39, 0.29) is 17.1 Å². The first-order valence-corrected chi connectivity index (χ1v) is 9.79. The van der Waals surface area contributed by atoms with Crippen LogP contribution in [0.15, 0.2) is 60.2 Å². The number of Topliss-reactive ketones (excluding diaryl/α,β-unsaturated/α-hetero) is 1. The molecule has 0 radical (unpaired) electrons. The summed E-state index contributed by atoms with van der Waals surface area (Å²) in [5.74, 6) is -1.81. The second-order valence-electron chi connectivity index (χ2n) is 6.77. The smallest absolute Gasteiger partial charge is 0.301 e. The number of amides is 1. The summed E-state index contributed by atoms with van der Waals surface area (Å²) in [5.41, 5.74) is 1.68. The van der Waals surface area contributed by atoms with Crippen LogP contribution < -0.4 is 4.90 Å². The van der Waals surface area contributed by atoms with Crippen LogP contribution in [0.4, 0.5) is 5.13 Å². The van der Waals surface area contributed by atoms with Crippen molar-refractivity contribution >= 4 is 33.9 Å². The van der Waals surface area contributed by atoms with Gasteiger partial charge in [-0.05, 0) is 31.5 Å². The number of hydrogen-bond acceptors (Lipinski definition) is 6. The van der Waals surface area contributed by atoms with E-state index in [4.69, 9.17) is 0 Å². The third-order valence-corrected chi connectivity index (χ3v) is 5.97. The van der Waals surface area contributed by atoms with E-state index in [0.717, 1.165) is 10.6 Å². The summed E-state index contributed by atoms with van der Waals surface area (Å²) < 4.78 is 0. The third-order valence-electron chi connectivity index (χ3n) is 4.90. The monoisotopic (exact) mass is 406 g/mol. The highest BCUT2D eigenvalue weighted by atomic mass is 32.1. The Bertz CT molecular complexity index is 1130. The quantitative estimate of drug-likeness (QED) is 0.388. The fourth-order valence-electron chi connectivity index (χ4n) is 3.35. The number of hydrogen-bond donors (Lipinski definition) is 2. The molecule has 1 amide bonds. The zero-order valence-corrected chi connectivity index (χ0v) is 16.6. The zero-order valence-electron chi connectivity index (χ0n) is 15.8. The molecule has 0 saturated carbocycles. The molecule has 1 aliphatic rings. The van der Waals surface area contributed by atoms with E-state index in [0.29, 0.717) is 16.3 Å². The molecule has 2 heterocycles. The summed E-state index contributed by atoms with van der Waals surface area (Å²) in [6.45, 7) is 3.72. The molecular weight excluding hydrogens is 388 g/mol. The molecule has 1 fully saturated rings. The van der Waals surface area contributed by atoms with Crippen LogP contribution in [0.1, 0.15) is 27.7 Å². The Balaban J connectivity index is 1.97. The SMILES string of the molecule is Cc1nc(N2C(=O)C(=O)C(=C(O)c3ccccc3)[C@@H]2c2cccc(O)c2)sc1C. The molecule has 0 spiro atoms. The number of carbonyl (C=O) groups is 2. The molecule has 4 rings (SSSR count). The minimum absolute atomic E-state index is 0.000649. The van der Waals surface area contributed by atoms with Crippen molar-refractivity contribution in [3.63, 3.8) is 0 Å². The maximum Gasteiger partial charge on any atom is 0.301 e. The molecule has 0 aliphatic carbocycles. The van der Waals surface area contributed by atoms with E-state index >= 15 is 0 Å². The van der Waals surface area contributed by atoms with Crippen LogP contribution in [-0.4, -0.2) is 26.9 Å². The lowest BCUT2D eigenvalue weighted by Gasteiger charge is -2.23. The van der Waals surface area contributed by atoms with Gasteiger partial charge < -0.3 is 10.2 Å². The van der Waals surface area contributed by atoms with E-state index in [1.807, 2.05) is 13.8 Å². The zero-order chi connectivity index (χ0) is 20.7. The lowest BCUT2D eigenvalue weighted by molar-refractivity contribution is -0.132. The Kier molecular flexibility index (Phi) is 4.68. The Morgan fingerprint density at radius 3 is 2.41 bits per heavy atom. The number of phenolic OH excluding ortho intramolecular Hbond substituents is 1. The van der Waals surface area contributed by atoms with Gasteiger partial charge >= 0.3 is 5.91 Å². The number of anilines is 1. The largest absolute Gasteiger partial charge is 0.508 e. The van der Waals surface area contributed by atoms with E-state index in [1.54, 1.807) is 42.5 Å². The van der Waals surface area contributed by atoms with Crippen molar-refractivity contribution in [2.24, 2.45) is 0 Å². The number of ketones is 1. The number of carbonyl (C=O) groups excluding carboxylic acids is 2. The second-order valence-corrected chi connectivity index (χ2v) is 7.95. The number of aliphatic hydroxyl groups is 1. The summed E-state index contributed by atoms with van der Waals surface area (Å²) in [5, 5.41) is 21.3. The number of aromatic nitrogens is 1. The normalized spacial score (nSPS) is 18.4. The first-order chi connectivity index (χ1) is 13.9. The minimum Gasteiger partial charge on any atom is -0.508 e. The van der Waals surface area contributed by atoms with Crippen LogP contribution in [0.2, 0.25) is 0 Å². The van der Waals surface area contributed by atoms with Crippen LogP contribution >= 0.6 is 11.3 Å². The van der Waals surface area contributed by atoms with Gasteiger partial charge in [-0.1, -0.05) is 42.5 Å². The van der Waals surface area contributed by atoms with E-state index in [9.17, 15) is 19.8 Å². The number of thiazole rings is 1. The highest BCUT2D eigenvalue weighted by molar-refractivity contribution is 7.16. The molecule has 1 atom stereocenters. The Morgan fingerprint density at radius 2 is 1.79 bits per heavy atom. The van der Waals surface area contributed by atoms with Crippen molar-refractivity contribution < 1.29 is 19.8 Å². The van der Waals surface area contributed by atoms with Gasteiger partial charge in [0.1, 0.15) is 11.5 Å². The molecule has 29 heavy (non-hydrogen) atoms. The van der Waals surface area contributed by atoms with Gasteiger partial charge in [-0.3, -0.25) is 14.5 Å². The first-order valence-electron chi connectivity index (χ1n) is 8.98. The highest BCUT2D eigenvalue weighted by Gasteiger charge is 2.48. The summed E-state index contributed by atoms with van der Waals surface area (Å²) >= 11 is 1.30. The van der Waals surface area contributed by atoms with Crippen LogP contribution in [0.3, 0.4) is 0 Å². The molecule has 0 bridgehead atoms. The molecule has 7 heteroatoms. The van der Waals surface area contributed by atoms with Crippen molar-refractivity contribution in [1.82, 2.24) is 4.98 Å². The van der Waals surface area contributed by atoms with Crippen LogP contribution in [0.5, 0.6) is 5.75 Å². The maximum absolute atomic E-state index is 13.0. The number of aliphatic hydroxyl groups excluding tert-OH is 1. The average molecular weight is 406 g/mol. The molecule has 0 unspecified atom stereocenters. The predicted molar refractivity (Wildman–Crippen MR) is 111 cm³/mol. The van der Waals surface area contributed by atoms with Gasteiger partial charge in [-0.25, -0.2) is 4.98 Å². The molecule has 2 N–H and O–H groups in total. The van der Waals surface area contributed by atoms with E-state index in [2.05, 4.69) is 4.98 Å². The number of benzene rings is 2. The molecule has 146 valence electrons. The molecule has 2 aromatic carbocycles. The van der Waals surface area contributed by atoms with Gasteiger partial charge in [0.2, 0.25) is 0 Å². The van der Waals surface area contributed by atoms with Gasteiger partial charge in [0, 0.05) is 10.4 Å². The number of phenols is 1. The topological polar surface area (TPSA) is 90.7 Å².